The highest BCUT2D eigenvalue weighted by Crippen LogP contribution is 2.28. The highest BCUT2D eigenvalue weighted by atomic mass is 32.2. The summed E-state index contributed by atoms with van der Waals surface area (Å²) in [6, 6.07) is 0.416. The first-order valence-electron chi connectivity index (χ1n) is 5.73. The van der Waals surface area contributed by atoms with Crippen LogP contribution < -0.4 is 16.8 Å². The van der Waals surface area contributed by atoms with Crippen molar-refractivity contribution in [1.82, 2.24) is 15.0 Å². The standard InChI is InChI=1S/C10H18N6S/c1-17-7-4-2-6(3-5-7)13-10-15-8(11)14-9(12)16-10/h6-7H,2-5H2,1H3,(H5,11,12,13,14,15,16). The fraction of sp³-hybridized carbons (Fsp3) is 0.700. The average molecular weight is 254 g/mol. The van der Waals surface area contributed by atoms with Gasteiger partial charge >= 0.3 is 0 Å². The Morgan fingerprint density at radius 2 is 1.65 bits per heavy atom. The average Bonchev–Trinajstić information content (AvgIpc) is 2.28. The van der Waals surface area contributed by atoms with Gasteiger partial charge in [0.15, 0.2) is 0 Å². The van der Waals surface area contributed by atoms with Gasteiger partial charge in [-0.3, -0.25) is 0 Å². The van der Waals surface area contributed by atoms with Gasteiger partial charge in [-0.2, -0.15) is 26.7 Å². The number of nitrogens with one attached hydrogen (secondary N) is 1. The number of nitrogens with two attached hydrogens (primary N) is 2. The summed E-state index contributed by atoms with van der Waals surface area (Å²) in [4.78, 5) is 11.8. The molecule has 1 aliphatic carbocycles. The van der Waals surface area contributed by atoms with Gasteiger partial charge < -0.3 is 16.8 Å². The van der Waals surface area contributed by atoms with Crippen LogP contribution in [0.1, 0.15) is 25.7 Å². The Hall–Kier alpha value is -1.24. The lowest BCUT2D eigenvalue weighted by Gasteiger charge is -2.27. The van der Waals surface area contributed by atoms with Crippen LogP contribution in [0.15, 0.2) is 0 Å². The van der Waals surface area contributed by atoms with E-state index in [1.54, 1.807) is 0 Å². The zero-order valence-electron chi connectivity index (χ0n) is 9.89. The first-order valence-corrected chi connectivity index (χ1v) is 7.02. The topological polar surface area (TPSA) is 103 Å². The van der Waals surface area contributed by atoms with Crippen molar-refractivity contribution in [2.24, 2.45) is 0 Å². The molecule has 1 aromatic rings. The van der Waals surface area contributed by atoms with Gasteiger partial charge in [-0.05, 0) is 31.9 Å². The molecular weight excluding hydrogens is 236 g/mol. The predicted molar refractivity (Wildman–Crippen MR) is 71.8 cm³/mol. The second-order valence-electron chi connectivity index (χ2n) is 4.23. The van der Waals surface area contributed by atoms with Crippen LogP contribution in [0.3, 0.4) is 0 Å². The highest BCUT2D eigenvalue weighted by molar-refractivity contribution is 7.99. The molecule has 0 atom stereocenters. The van der Waals surface area contributed by atoms with Crippen LogP contribution in [0, 0.1) is 0 Å². The van der Waals surface area contributed by atoms with Crippen molar-refractivity contribution in [3.05, 3.63) is 0 Å². The Morgan fingerprint density at radius 3 is 2.18 bits per heavy atom. The molecule has 1 heterocycles. The van der Waals surface area contributed by atoms with Crippen molar-refractivity contribution >= 4 is 29.6 Å². The van der Waals surface area contributed by atoms with Gasteiger partial charge in [-0.15, -0.1) is 0 Å². The summed E-state index contributed by atoms with van der Waals surface area (Å²) in [6.07, 6.45) is 6.91. The van der Waals surface area contributed by atoms with Gasteiger partial charge in [0.1, 0.15) is 0 Å². The normalized spacial score (nSPS) is 24.5. The minimum Gasteiger partial charge on any atom is -0.368 e. The van der Waals surface area contributed by atoms with E-state index in [1.807, 2.05) is 11.8 Å². The lowest BCUT2D eigenvalue weighted by molar-refractivity contribution is 0.471. The van der Waals surface area contributed by atoms with E-state index in [-0.39, 0.29) is 11.9 Å². The second-order valence-corrected chi connectivity index (χ2v) is 5.37. The largest absolute Gasteiger partial charge is 0.368 e. The van der Waals surface area contributed by atoms with E-state index >= 15 is 0 Å². The lowest BCUT2D eigenvalue weighted by atomic mass is 9.95. The van der Waals surface area contributed by atoms with E-state index in [1.165, 1.54) is 12.8 Å². The van der Waals surface area contributed by atoms with Crippen molar-refractivity contribution in [2.75, 3.05) is 23.0 Å². The summed E-state index contributed by atoms with van der Waals surface area (Å²) in [5.41, 5.74) is 11.0. The maximum Gasteiger partial charge on any atom is 0.229 e. The van der Waals surface area contributed by atoms with Gasteiger partial charge in [-0.25, -0.2) is 0 Å². The van der Waals surface area contributed by atoms with Gasteiger partial charge in [0.05, 0.1) is 0 Å². The van der Waals surface area contributed by atoms with Gasteiger partial charge in [-0.1, -0.05) is 0 Å². The number of nitrogen functional groups attached to an aromatic ring is 2. The van der Waals surface area contributed by atoms with E-state index in [2.05, 4.69) is 26.5 Å². The van der Waals surface area contributed by atoms with E-state index in [4.69, 9.17) is 11.5 Å². The molecule has 0 aliphatic heterocycles. The molecule has 0 spiro atoms. The van der Waals surface area contributed by atoms with E-state index in [0.717, 1.165) is 18.1 Å². The fourth-order valence-corrected chi connectivity index (χ4v) is 2.84. The summed E-state index contributed by atoms with van der Waals surface area (Å²) < 4.78 is 0. The van der Waals surface area contributed by atoms with Gasteiger partial charge in [0, 0.05) is 11.3 Å². The first kappa shape index (κ1) is 12.2. The second kappa shape index (κ2) is 5.39. The predicted octanol–water partition coefficient (Wildman–Crippen LogP) is 1.12. The number of hydrogen-bond acceptors (Lipinski definition) is 7. The van der Waals surface area contributed by atoms with Crippen LogP contribution in [0.5, 0.6) is 0 Å². The van der Waals surface area contributed by atoms with Crippen LogP contribution in [0.25, 0.3) is 0 Å². The molecule has 0 aromatic carbocycles. The number of hydrogen-bond donors (Lipinski definition) is 3. The number of thioether (sulfide) groups is 1. The van der Waals surface area contributed by atoms with E-state index in [9.17, 15) is 0 Å². The molecule has 2 rings (SSSR count). The van der Waals surface area contributed by atoms with E-state index < -0.39 is 0 Å². The highest BCUT2D eigenvalue weighted by Gasteiger charge is 2.21. The van der Waals surface area contributed by atoms with E-state index in [0.29, 0.717) is 12.0 Å². The maximum atomic E-state index is 5.52. The third-order valence-corrected chi connectivity index (χ3v) is 4.15. The van der Waals surface area contributed by atoms with Crippen molar-refractivity contribution in [1.29, 1.82) is 0 Å². The van der Waals surface area contributed by atoms with Crippen molar-refractivity contribution in [2.45, 2.75) is 37.0 Å². The number of aromatic nitrogens is 3. The summed E-state index contributed by atoms with van der Waals surface area (Å²) >= 11 is 1.95. The molecule has 0 saturated heterocycles. The molecule has 0 unspecified atom stereocenters. The monoisotopic (exact) mass is 254 g/mol. The Labute approximate surface area is 105 Å². The van der Waals surface area contributed by atoms with Crippen LogP contribution in [0.4, 0.5) is 17.8 Å². The molecule has 94 valence electrons. The van der Waals surface area contributed by atoms with Crippen molar-refractivity contribution < 1.29 is 0 Å². The summed E-state index contributed by atoms with van der Waals surface area (Å²) in [7, 11) is 0. The SMILES string of the molecule is CSC1CCC(Nc2nc(N)nc(N)n2)CC1. The smallest absolute Gasteiger partial charge is 0.229 e. The first-order chi connectivity index (χ1) is 8.17. The third kappa shape index (κ3) is 3.36. The Kier molecular flexibility index (Phi) is 3.88. The molecule has 0 bridgehead atoms. The minimum atomic E-state index is 0.165. The quantitative estimate of drug-likeness (QED) is 0.742. The molecule has 1 aliphatic rings. The van der Waals surface area contributed by atoms with Crippen LogP contribution >= 0.6 is 11.8 Å². The summed E-state index contributed by atoms with van der Waals surface area (Å²) in [6.45, 7) is 0. The molecule has 1 aromatic heterocycles. The van der Waals surface area contributed by atoms with Crippen molar-refractivity contribution in [3.8, 4) is 0 Å². The Balaban J connectivity index is 1.93. The minimum absolute atomic E-state index is 0.165. The third-order valence-electron chi connectivity index (χ3n) is 3.01. The molecule has 0 radical (unpaired) electrons. The van der Waals surface area contributed by atoms with Gasteiger partial charge in [0.25, 0.3) is 0 Å². The fourth-order valence-electron chi connectivity index (χ4n) is 2.10. The van der Waals surface area contributed by atoms with Crippen LogP contribution in [0.2, 0.25) is 0 Å². The van der Waals surface area contributed by atoms with Gasteiger partial charge in [0.2, 0.25) is 17.8 Å². The number of rotatable bonds is 3. The summed E-state index contributed by atoms with van der Waals surface area (Å²) in [5, 5.41) is 4.07. The molecule has 0 amide bonds. The molecule has 7 heteroatoms. The molecule has 5 N–H and O–H groups in total. The molecular formula is C10H18N6S. The Bertz CT molecular complexity index is 357. The zero-order chi connectivity index (χ0) is 12.3. The molecule has 17 heavy (non-hydrogen) atoms. The van der Waals surface area contributed by atoms with Crippen molar-refractivity contribution in [3.63, 3.8) is 0 Å². The van der Waals surface area contributed by atoms with Crippen LogP contribution in [-0.4, -0.2) is 32.5 Å². The van der Waals surface area contributed by atoms with Crippen LogP contribution in [-0.2, 0) is 0 Å². The zero-order valence-corrected chi connectivity index (χ0v) is 10.7. The molecule has 6 nitrogen and oxygen atoms in total. The molecule has 1 fully saturated rings. The number of nitrogens with zero attached hydrogens (tertiary/aromatic N) is 3. The molecule has 1 saturated carbocycles. The lowest BCUT2D eigenvalue weighted by Crippen LogP contribution is -2.28. The maximum absolute atomic E-state index is 5.52. The Morgan fingerprint density at radius 1 is 1.06 bits per heavy atom. The number of anilines is 3. The summed E-state index contributed by atoms with van der Waals surface area (Å²) in [5.74, 6) is 0.818.